The smallest absolute Gasteiger partial charge is 0.241 e. The van der Waals surface area contributed by atoms with E-state index in [2.05, 4.69) is 16.8 Å². The average Bonchev–Trinajstić information content (AvgIpc) is 2.78. The maximum atomic E-state index is 12.4. The molecule has 5 heteroatoms. The number of hydrogen-bond acceptors (Lipinski definition) is 4. The van der Waals surface area contributed by atoms with Gasteiger partial charge < -0.3 is 4.90 Å². The van der Waals surface area contributed by atoms with Crippen LogP contribution >= 0.6 is 11.3 Å². The number of piperazine rings is 1. The minimum atomic E-state index is 0.164. The molecule has 4 nitrogen and oxygen atoms in total. The van der Waals surface area contributed by atoms with Crippen LogP contribution in [0.4, 0.5) is 5.69 Å². The zero-order chi connectivity index (χ0) is 14.8. The van der Waals surface area contributed by atoms with E-state index in [-0.39, 0.29) is 5.91 Å². The summed E-state index contributed by atoms with van der Waals surface area (Å²) in [5, 5.41) is 1.09. The number of benzene rings is 1. The van der Waals surface area contributed by atoms with Gasteiger partial charge in [-0.05, 0) is 26.0 Å². The lowest BCUT2D eigenvalue weighted by Crippen LogP contribution is -2.50. The highest BCUT2D eigenvalue weighted by molar-refractivity contribution is 7.11. The molecule has 1 aromatic heterocycles. The fourth-order valence-corrected chi connectivity index (χ4v) is 3.50. The van der Waals surface area contributed by atoms with Crippen LogP contribution < -0.4 is 4.90 Å². The lowest BCUT2D eigenvalue weighted by Gasteiger charge is -2.34. The highest BCUT2D eigenvalue weighted by Crippen LogP contribution is 2.21. The van der Waals surface area contributed by atoms with Crippen molar-refractivity contribution in [3.63, 3.8) is 0 Å². The van der Waals surface area contributed by atoms with E-state index in [9.17, 15) is 4.79 Å². The van der Waals surface area contributed by atoms with Gasteiger partial charge in [-0.1, -0.05) is 18.2 Å². The van der Waals surface area contributed by atoms with Crippen molar-refractivity contribution in [1.29, 1.82) is 0 Å². The summed E-state index contributed by atoms with van der Waals surface area (Å²) in [7, 11) is 0. The van der Waals surface area contributed by atoms with Gasteiger partial charge in [-0.15, -0.1) is 11.3 Å². The molecule has 1 aliphatic heterocycles. The van der Waals surface area contributed by atoms with E-state index in [1.54, 1.807) is 11.3 Å². The van der Waals surface area contributed by atoms with Crippen molar-refractivity contribution >= 4 is 22.9 Å². The minimum absolute atomic E-state index is 0.164. The fourth-order valence-electron chi connectivity index (χ4n) is 2.67. The molecule has 1 amide bonds. The molecule has 0 radical (unpaired) electrons. The van der Waals surface area contributed by atoms with E-state index in [4.69, 9.17) is 0 Å². The predicted octanol–water partition coefficient (Wildman–Crippen LogP) is 2.61. The molecular weight excluding hydrogens is 282 g/mol. The summed E-state index contributed by atoms with van der Waals surface area (Å²) in [6.07, 6.45) is 0. The van der Waals surface area contributed by atoms with Gasteiger partial charge in [-0.3, -0.25) is 9.69 Å². The van der Waals surface area contributed by atoms with Crippen molar-refractivity contribution < 1.29 is 4.79 Å². The summed E-state index contributed by atoms with van der Waals surface area (Å²) in [4.78, 5) is 22.2. The molecule has 0 unspecified atom stereocenters. The monoisotopic (exact) mass is 301 g/mol. The minimum Gasteiger partial charge on any atom is -0.310 e. The summed E-state index contributed by atoms with van der Waals surface area (Å²) in [6.45, 7) is 6.98. The number of anilines is 1. The Morgan fingerprint density at radius 3 is 2.57 bits per heavy atom. The highest BCUT2D eigenvalue weighted by atomic mass is 32.1. The number of aromatic nitrogens is 1. The topological polar surface area (TPSA) is 36.4 Å². The summed E-state index contributed by atoms with van der Waals surface area (Å²) in [6, 6.07) is 9.88. The van der Waals surface area contributed by atoms with Gasteiger partial charge in [0.1, 0.15) is 0 Å². The molecule has 0 atom stereocenters. The third-order valence-electron chi connectivity index (χ3n) is 3.74. The van der Waals surface area contributed by atoms with Crippen molar-refractivity contribution in [2.24, 2.45) is 0 Å². The highest BCUT2D eigenvalue weighted by Gasteiger charge is 2.25. The van der Waals surface area contributed by atoms with Crippen molar-refractivity contribution in [3.05, 3.63) is 45.9 Å². The van der Waals surface area contributed by atoms with E-state index in [0.29, 0.717) is 6.54 Å². The number of carbonyl (C=O) groups is 1. The normalized spacial score (nSPS) is 16.5. The van der Waals surface area contributed by atoms with Gasteiger partial charge in [-0.25, -0.2) is 4.98 Å². The molecule has 2 aromatic rings. The molecule has 21 heavy (non-hydrogen) atoms. The van der Waals surface area contributed by atoms with Crippen LogP contribution in [-0.4, -0.2) is 35.4 Å². The third kappa shape index (κ3) is 3.14. The second kappa shape index (κ2) is 5.95. The molecule has 3 rings (SSSR count). The molecule has 1 aliphatic rings. The molecule has 0 N–H and O–H groups in total. The average molecular weight is 301 g/mol. The van der Waals surface area contributed by atoms with Gasteiger partial charge in [0.15, 0.2) is 0 Å². The summed E-state index contributed by atoms with van der Waals surface area (Å²) < 4.78 is 0. The Balaban J connectivity index is 1.66. The van der Waals surface area contributed by atoms with Crippen molar-refractivity contribution in [1.82, 2.24) is 9.88 Å². The Labute approximate surface area is 129 Å². The van der Waals surface area contributed by atoms with Crippen LogP contribution in [0.2, 0.25) is 0 Å². The maximum Gasteiger partial charge on any atom is 0.241 e. The summed E-state index contributed by atoms with van der Waals surface area (Å²) in [5.41, 5.74) is 2.10. The number of hydrogen-bond donors (Lipinski definition) is 0. The number of rotatable bonds is 3. The standard InChI is InChI=1S/C16H19N3OS/c1-12-15(17-13(2)21-12)10-18-8-9-19(16(20)11-18)14-6-4-3-5-7-14/h3-7H,8-11H2,1-2H3. The van der Waals surface area contributed by atoms with Gasteiger partial charge in [-0.2, -0.15) is 0 Å². The molecule has 0 saturated carbocycles. The summed E-state index contributed by atoms with van der Waals surface area (Å²) >= 11 is 1.72. The van der Waals surface area contributed by atoms with Crippen LogP contribution in [-0.2, 0) is 11.3 Å². The maximum absolute atomic E-state index is 12.4. The Morgan fingerprint density at radius 2 is 1.95 bits per heavy atom. The molecule has 2 heterocycles. The fraction of sp³-hybridized carbons (Fsp3) is 0.375. The van der Waals surface area contributed by atoms with Gasteiger partial charge in [0.25, 0.3) is 0 Å². The first-order valence-corrected chi connectivity index (χ1v) is 7.96. The lowest BCUT2D eigenvalue weighted by atomic mass is 10.2. The molecule has 0 spiro atoms. The van der Waals surface area contributed by atoms with Gasteiger partial charge in [0.05, 0.1) is 17.2 Å². The van der Waals surface area contributed by atoms with Crippen molar-refractivity contribution in [2.45, 2.75) is 20.4 Å². The first-order valence-electron chi connectivity index (χ1n) is 7.14. The number of carbonyl (C=O) groups excluding carboxylic acids is 1. The van der Waals surface area contributed by atoms with Crippen LogP contribution in [0, 0.1) is 13.8 Å². The van der Waals surface area contributed by atoms with Crippen LogP contribution in [0.1, 0.15) is 15.6 Å². The van der Waals surface area contributed by atoms with E-state index < -0.39 is 0 Å². The molecule has 1 saturated heterocycles. The Morgan fingerprint density at radius 1 is 1.19 bits per heavy atom. The number of thiazole rings is 1. The second-order valence-electron chi connectivity index (χ2n) is 5.33. The first kappa shape index (κ1) is 14.2. The van der Waals surface area contributed by atoms with Crippen LogP contribution in [0.5, 0.6) is 0 Å². The van der Waals surface area contributed by atoms with E-state index in [0.717, 1.165) is 36.0 Å². The molecule has 1 fully saturated rings. The number of aryl methyl sites for hydroxylation is 2. The Hall–Kier alpha value is -1.72. The lowest BCUT2D eigenvalue weighted by molar-refractivity contribution is -0.121. The van der Waals surface area contributed by atoms with Gasteiger partial charge >= 0.3 is 0 Å². The number of para-hydroxylation sites is 1. The SMILES string of the molecule is Cc1nc(CN2CCN(c3ccccc3)C(=O)C2)c(C)s1. The molecule has 0 bridgehead atoms. The first-order chi connectivity index (χ1) is 10.1. The second-order valence-corrected chi connectivity index (χ2v) is 6.73. The van der Waals surface area contributed by atoms with E-state index in [1.165, 1.54) is 4.88 Å². The Kier molecular flexibility index (Phi) is 4.03. The third-order valence-corrected chi connectivity index (χ3v) is 4.67. The zero-order valence-electron chi connectivity index (χ0n) is 12.4. The number of nitrogens with zero attached hydrogens (tertiary/aromatic N) is 3. The Bertz CT molecular complexity index is 638. The largest absolute Gasteiger partial charge is 0.310 e. The molecular formula is C16H19N3OS. The van der Waals surface area contributed by atoms with Crippen LogP contribution in [0.25, 0.3) is 0 Å². The van der Waals surface area contributed by atoms with E-state index in [1.807, 2.05) is 42.2 Å². The zero-order valence-corrected chi connectivity index (χ0v) is 13.2. The van der Waals surface area contributed by atoms with Crippen LogP contribution in [0.3, 0.4) is 0 Å². The molecule has 110 valence electrons. The summed E-state index contributed by atoms with van der Waals surface area (Å²) in [5.74, 6) is 0.164. The number of amides is 1. The van der Waals surface area contributed by atoms with E-state index >= 15 is 0 Å². The molecule has 1 aromatic carbocycles. The molecule has 0 aliphatic carbocycles. The van der Waals surface area contributed by atoms with Crippen molar-refractivity contribution in [3.8, 4) is 0 Å². The van der Waals surface area contributed by atoms with Gasteiger partial charge in [0.2, 0.25) is 5.91 Å². The quantitative estimate of drug-likeness (QED) is 0.874. The van der Waals surface area contributed by atoms with Gasteiger partial charge in [0, 0.05) is 30.2 Å². The van der Waals surface area contributed by atoms with Crippen molar-refractivity contribution in [2.75, 3.05) is 24.5 Å². The predicted molar refractivity (Wildman–Crippen MR) is 85.7 cm³/mol. The van der Waals surface area contributed by atoms with Crippen LogP contribution in [0.15, 0.2) is 30.3 Å².